The summed E-state index contributed by atoms with van der Waals surface area (Å²) in [6.07, 6.45) is 2.51. The van der Waals surface area contributed by atoms with Gasteiger partial charge in [0.1, 0.15) is 12.7 Å². The summed E-state index contributed by atoms with van der Waals surface area (Å²) in [5.41, 5.74) is 0.466. The van der Waals surface area contributed by atoms with E-state index in [1.165, 1.54) is 0 Å². The number of carbonyl (C=O) groups is 1. The van der Waals surface area contributed by atoms with E-state index in [0.29, 0.717) is 25.3 Å². The van der Waals surface area contributed by atoms with E-state index in [-0.39, 0.29) is 6.10 Å². The number of para-hydroxylation sites is 2. The molecule has 1 N–H and O–H groups in total. The van der Waals surface area contributed by atoms with Crippen molar-refractivity contribution in [2.75, 3.05) is 26.2 Å². The van der Waals surface area contributed by atoms with Crippen molar-refractivity contribution in [3.05, 3.63) is 35.9 Å². The fraction of sp³-hybridized carbons (Fsp3) is 0.400. The van der Waals surface area contributed by atoms with Gasteiger partial charge in [-0.05, 0) is 18.6 Å². The van der Waals surface area contributed by atoms with E-state index < -0.39 is 5.97 Å². The van der Waals surface area contributed by atoms with Crippen molar-refractivity contribution in [1.29, 1.82) is 0 Å². The zero-order chi connectivity index (χ0) is 13.9. The Kier molecular flexibility index (Phi) is 3.60. The minimum atomic E-state index is -0.833. The monoisotopic (exact) mass is 275 g/mol. The molecule has 1 aromatic rings. The largest absolute Gasteiger partial charge is 0.486 e. The molecule has 1 atom stereocenters. The van der Waals surface area contributed by atoms with Crippen LogP contribution in [-0.4, -0.2) is 48.3 Å². The van der Waals surface area contributed by atoms with Crippen LogP contribution in [0.5, 0.6) is 11.5 Å². The van der Waals surface area contributed by atoms with Gasteiger partial charge in [0, 0.05) is 25.2 Å². The molecule has 20 heavy (non-hydrogen) atoms. The molecule has 0 spiro atoms. The number of carboxylic acid groups (broad SMARTS) is 1. The van der Waals surface area contributed by atoms with Crippen LogP contribution in [0.2, 0.25) is 0 Å². The molecule has 1 unspecified atom stereocenters. The highest BCUT2D eigenvalue weighted by atomic mass is 16.6. The molecule has 0 aliphatic carbocycles. The smallest absolute Gasteiger partial charge is 0.332 e. The molecule has 106 valence electrons. The van der Waals surface area contributed by atoms with E-state index in [4.69, 9.17) is 14.6 Å². The lowest BCUT2D eigenvalue weighted by atomic mass is 10.1. The second kappa shape index (κ2) is 5.54. The van der Waals surface area contributed by atoms with E-state index in [9.17, 15) is 4.79 Å². The van der Waals surface area contributed by atoms with Gasteiger partial charge in [0.05, 0.1) is 0 Å². The number of fused-ring (bicyclic) bond motifs is 1. The number of carboxylic acids is 1. The Bertz CT molecular complexity index is 540. The van der Waals surface area contributed by atoms with Crippen molar-refractivity contribution in [2.45, 2.75) is 12.5 Å². The van der Waals surface area contributed by atoms with E-state index in [2.05, 4.69) is 4.90 Å². The van der Waals surface area contributed by atoms with Crippen LogP contribution in [0.25, 0.3) is 0 Å². The minimum absolute atomic E-state index is 0.0574. The number of benzene rings is 1. The first kappa shape index (κ1) is 13.0. The molecule has 1 aromatic carbocycles. The molecule has 0 bridgehead atoms. The maximum atomic E-state index is 11.0. The average molecular weight is 275 g/mol. The maximum Gasteiger partial charge on any atom is 0.332 e. The molecule has 0 aromatic heterocycles. The summed E-state index contributed by atoms with van der Waals surface area (Å²) >= 11 is 0. The lowest BCUT2D eigenvalue weighted by Crippen LogP contribution is -2.43. The fourth-order valence-corrected chi connectivity index (χ4v) is 2.56. The summed E-state index contributed by atoms with van der Waals surface area (Å²) in [6, 6.07) is 7.60. The fourth-order valence-electron chi connectivity index (χ4n) is 2.56. The van der Waals surface area contributed by atoms with Crippen molar-refractivity contribution in [1.82, 2.24) is 4.90 Å². The first-order chi connectivity index (χ1) is 9.72. The average Bonchev–Trinajstić information content (AvgIpc) is 2.47. The minimum Gasteiger partial charge on any atom is -0.486 e. The molecule has 0 amide bonds. The van der Waals surface area contributed by atoms with E-state index in [1.54, 1.807) is 6.08 Å². The number of aliphatic carboxylic acids is 1. The van der Waals surface area contributed by atoms with Gasteiger partial charge in [-0.15, -0.1) is 0 Å². The van der Waals surface area contributed by atoms with Gasteiger partial charge in [0.25, 0.3) is 0 Å². The number of nitrogens with zero attached hydrogens (tertiary/aromatic N) is 1. The summed E-state index contributed by atoms with van der Waals surface area (Å²) in [6.45, 7) is 2.51. The molecule has 0 radical (unpaired) electrons. The Morgan fingerprint density at radius 3 is 2.95 bits per heavy atom. The van der Waals surface area contributed by atoms with Crippen LogP contribution >= 0.6 is 0 Å². The normalized spacial score (nSPS) is 22.2. The summed E-state index contributed by atoms with van der Waals surface area (Å²) < 4.78 is 11.6. The van der Waals surface area contributed by atoms with Gasteiger partial charge in [-0.3, -0.25) is 4.90 Å². The lowest BCUT2D eigenvalue weighted by molar-refractivity contribution is -0.133. The van der Waals surface area contributed by atoms with Crippen molar-refractivity contribution in [2.24, 2.45) is 0 Å². The van der Waals surface area contributed by atoms with Crippen molar-refractivity contribution >= 4 is 5.97 Å². The molecule has 0 fully saturated rings. The van der Waals surface area contributed by atoms with Crippen LogP contribution in [0.1, 0.15) is 6.42 Å². The number of rotatable bonds is 3. The molecule has 2 heterocycles. The van der Waals surface area contributed by atoms with Crippen molar-refractivity contribution in [3.8, 4) is 11.5 Å². The second-order valence-electron chi connectivity index (χ2n) is 5.06. The Labute approximate surface area is 117 Å². The first-order valence-electron chi connectivity index (χ1n) is 6.75. The van der Waals surface area contributed by atoms with Crippen LogP contribution in [0.15, 0.2) is 35.9 Å². The highest BCUT2D eigenvalue weighted by Crippen LogP contribution is 2.31. The Hall–Kier alpha value is -2.01. The van der Waals surface area contributed by atoms with E-state index >= 15 is 0 Å². The maximum absolute atomic E-state index is 11.0. The third-order valence-corrected chi connectivity index (χ3v) is 3.53. The van der Waals surface area contributed by atoms with Gasteiger partial charge in [-0.25, -0.2) is 4.79 Å². The predicted octanol–water partition coefficient (Wildman–Crippen LogP) is 1.54. The number of ether oxygens (including phenoxy) is 2. The van der Waals surface area contributed by atoms with Crippen LogP contribution in [-0.2, 0) is 4.79 Å². The molecule has 5 nitrogen and oxygen atoms in total. The van der Waals surface area contributed by atoms with Crippen LogP contribution < -0.4 is 9.47 Å². The summed E-state index contributed by atoms with van der Waals surface area (Å²) in [5.74, 6) is 0.698. The zero-order valence-corrected chi connectivity index (χ0v) is 11.1. The number of hydrogen-bond acceptors (Lipinski definition) is 4. The van der Waals surface area contributed by atoms with Gasteiger partial charge >= 0.3 is 5.97 Å². The third kappa shape index (κ3) is 2.77. The summed E-state index contributed by atoms with van der Waals surface area (Å²) in [5, 5.41) is 9.04. The predicted molar refractivity (Wildman–Crippen MR) is 73.1 cm³/mol. The molecule has 0 saturated carbocycles. The SMILES string of the molecule is O=C(O)C1=CCCN(CC2COc3ccccc3O2)C1. The van der Waals surface area contributed by atoms with E-state index in [0.717, 1.165) is 24.5 Å². The van der Waals surface area contributed by atoms with E-state index in [1.807, 2.05) is 24.3 Å². The standard InChI is InChI=1S/C15H17NO4/c17-15(18)11-4-3-7-16(8-11)9-12-10-19-13-5-1-2-6-14(13)20-12/h1-2,4-6,12H,3,7-10H2,(H,17,18). The highest BCUT2D eigenvalue weighted by Gasteiger charge is 2.25. The molecular formula is C15H17NO4. The van der Waals surface area contributed by atoms with Gasteiger partial charge in [0.2, 0.25) is 0 Å². The highest BCUT2D eigenvalue weighted by molar-refractivity contribution is 5.87. The summed E-state index contributed by atoms with van der Waals surface area (Å²) in [4.78, 5) is 13.1. The molecule has 3 rings (SSSR count). The zero-order valence-electron chi connectivity index (χ0n) is 11.1. The molecule has 2 aliphatic rings. The van der Waals surface area contributed by atoms with Crippen molar-refractivity contribution < 1.29 is 19.4 Å². The van der Waals surface area contributed by atoms with Crippen LogP contribution in [0, 0.1) is 0 Å². The molecular weight excluding hydrogens is 258 g/mol. The first-order valence-corrected chi connectivity index (χ1v) is 6.75. The lowest BCUT2D eigenvalue weighted by Gasteiger charge is -2.32. The van der Waals surface area contributed by atoms with Crippen molar-refractivity contribution in [3.63, 3.8) is 0 Å². The van der Waals surface area contributed by atoms with Crippen LogP contribution in [0.3, 0.4) is 0 Å². The summed E-state index contributed by atoms with van der Waals surface area (Å²) in [7, 11) is 0. The molecule has 5 heteroatoms. The molecule has 0 saturated heterocycles. The van der Waals surface area contributed by atoms with Crippen LogP contribution in [0.4, 0.5) is 0 Å². The van der Waals surface area contributed by atoms with Gasteiger partial charge in [0.15, 0.2) is 11.5 Å². The topological polar surface area (TPSA) is 59.0 Å². The Balaban J connectivity index is 1.60. The molecule has 2 aliphatic heterocycles. The van der Waals surface area contributed by atoms with Gasteiger partial charge in [-0.1, -0.05) is 18.2 Å². The quantitative estimate of drug-likeness (QED) is 0.907. The van der Waals surface area contributed by atoms with Gasteiger partial charge in [-0.2, -0.15) is 0 Å². The Morgan fingerprint density at radius 2 is 2.15 bits per heavy atom. The number of hydrogen-bond donors (Lipinski definition) is 1. The Morgan fingerprint density at radius 1 is 1.35 bits per heavy atom. The second-order valence-corrected chi connectivity index (χ2v) is 5.06. The third-order valence-electron chi connectivity index (χ3n) is 3.53. The van der Waals surface area contributed by atoms with Gasteiger partial charge < -0.3 is 14.6 Å².